The quantitative estimate of drug-likeness (QED) is 0.745. The summed E-state index contributed by atoms with van der Waals surface area (Å²) in [6.45, 7) is 6.47. The van der Waals surface area contributed by atoms with Gasteiger partial charge in [0.15, 0.2) is 4.34 Å². The molecule has 1 amide bonds. The molecule has 0 bridgehead atoms. The topological polar surface area (TPSA) is 66.9 Å². The first-order valence-electron chi connectivity index (χ1n) is 7.29. The predicted octanol–water partition coefficient (Wildman–Crippen LogP) is 3.47. The van der Waals surface area contributed by atoms with Crippen molar-refractivity contribution in [3.63, 3.8) is 0 Å². The first-order valence-corrected chi connectivity index (χ1v) is 8.99. The van der Waals surface area contributed by atoms with Crippen molar-refractivity contribution in [1.82, 2.24) is 15.5 Å². The van der Waals surface area contributed by atoms with Gasteiger partial charge in [-0.2, -0.15) is 0 Å². The molecule has 2 N–H and O–H groups in total. The van der Waals surface area contributed by atoms with Gasteiger partial charge in [-0.05, 0) is 38.5 Å². The molecule has 2 rings (SSSR count). The number of amides is 1. The first-order chi connectivity index (χ1) is 11.0. The number of benzene rings is 1. The van der Waals surface area contributed by atoms with E-state index in [1.54, 1.807) is 12.1 Å². The Labute approximate surface area is 143 Å². The smallest absolute Gasteiger partial charge is 0.233 e. The Morgan fingerprint density at radius 1 is 1.30 bits per heavy atom. The van der Waals surface area contributed by atoms with Crippen molar-refractivity contribution in [2.45, 2.75) is 36.4 Å². The second kappa shape index (κ2) is 8.26. The molecule has 1 heterocycles. The number of carbonyl (C=O) groups is 1. The molecule has 0 aliphatic heterocycles. The molecule has 2 aromatic rings. The van der Waals surface area contributed by atoms with Gasteiger partial charge >= 0.3 is 0 Å². The van der Waals surface area contributed by atoms with Gasteiger partial charge in [0.1, 0.15) is 5.82 Å². The molecule has 0 radical (unpaired) electrons. The van der Waals surface area contributed by atoms with Gasteiger partial charge in [-0.25, -0.2) is 4.39 Å². The Morgan fingerprint density at radius 3 is 2.65 bits per heavy atom. The van der Waals surface area contributed by atoms with Crippen molar-refractivity contribution in [3.8, 4) is 0 Å². The van der Waals surface area contributed by atoms with Gasteiger partial charge in [0.25, 0.3) is 0 Å². The Kier molecular flexibility index (Phi) is 6.35. The summed E-state index contributed by atoms with van der Waals surface area (Å²) in [4.78, 5) is 12.3. The summed E-state index contributed by atoms with van der Waals surface area (Å²) in [6.07, 6.45) is 0. The van der Waals surface area contributed by atoms with Gasteiger partial charge in [-0.1, -0.05) is 35.2 Å². The van der Waals surface area contributed by atoms with E-state index >= 15 is 0 Å². The van der Waals surface area contributed by atoms with E-state index in [0.717, 1.165) is 21.6 Å². The summed E-state index contributed by atoms with van der Waals surface area (Å²) in [7, 11) is 0. The van der Waals surface area contributed by atoms with Crippen molar-refractivity contribution in [2.75, 3.05) is 11.9 Å². The molecular formula is C15H19FN4OS2. The molecule has 2 atom stereocenters. The number of aromatic nitrogens is 2. The lowest BCUT2D eigenvalue weighted by molar-refractivity contribution is -0.120. The second-order valence-corrected chi connectivity index (χ2v) is 7.51. The molecule has 0 spiro atoms. The summed E-state index contributed by atoms with van der Waals surface area (Å²) in [5, 5.41) is 14.5. The Morgan fingerprint density at radius 2 is 2.00 bits per heavy atom. The van der Waals surface area contributed by atoms with Crippen molar-refractivity contribution in [1.29, 1.82) is 0 Å². The Balaban J connectivity index is 1.89. The predicted molar refractivity (Wildman–Crippen MR) is 92.3 cm³/mol. The van der Waals surface area contributed by atoms with E-state index in [9.17, 15) is 9.18 Å². The van der Waals surface area contributed by atoms with Gasteiger partial charge < -0.3 is 10.6 Å². The number of carbonyl (C=O) groups excluding carboxylic acids is 1. The van der Waals surface area contributed by atoms with Crippen LogP contribution in [-0.2, 0) is 4.79 Å². The zero-order chi connectivity index (χ0) is 16.8. The molecule has 0 aliphatic rings. The highest BCUT2D eigenvalue weighted by Gasteiger charge is 2.19. The zero-order valence-corrected chi connectivity index (χ0v) is 14.8. The van der Waals surface area contributed by atoms with E-state index in [1.807, 2.05) is 20.8 Å². The highest BCUT2D eigenvalue weighted by atomic mass is 32.2. The molecular weight excluding hydrogens is 335 g/mol. The third-order valence-corrected chi connectivity index (χ3v) is 5.18. The third kappa shape index (κ3) is 5.18. The fourth-order valence-corrected chi connectivity index (χ4v) is 3.82. The molecule has 23 heavy (non-hydrogen) atoms. The highest BCUT2D eigenvalue weighted by Crippen LogP contribution is 2.29. The SMILES string of the molecule is CCNc1nnc(S[C@H](C)C(=O)N[C@H](C)c2ccc(F)cc2)s1. The molecule has 5 nitrogen and oxygen atoms in total. The van der Waals surface area contributed by atoms with E-state index in [0.29, 0.717) is 0 Å². The molecule has 0 aliphatic carbocycles. The van der Waals surface area contributed by atoms with Crippen LogP contribution in [0.4, 0.5) is 9.52 Å². The van der Waals surface area contributed by atoms with Crippen molar-refractivity contribution in [2.24, 2.45) is 0 Å². The number of nitrogens with zero attached hydrogens (tertiary/aromatic N) is 2. The number of anilines is 1. The highest BCUT2D eigenvalue weighted by molar-refractivity contribution is 8.02. The standard InChI is InChI=1S/C15H19FN4OS2/c1-4-17-14-19-20-15(23-14)22-10(3)13(21)18-9(2)11-5-7-12(16)8-6-11/h5-10H,4H2,1-3H3,(H,17,19)(H,18,21)/t9-,10-/m1/s1. The fourth-order valence-electron chi connectivity index (χ4n) is 1.85. The van der Waals surface area contributed by atoms with Crippen LogP contribution in [-0.4, -0.2) is 27.9 Å². The number of rotatable bonds is 7. The molecule has 124 valence electrons. The van der Waals surface area contributed by atoms with E-state index in [4.69, 9.17) is 0 Å². The van der Waals surface area contributed by atoms with Crippen LogP contribution in [0.3, 0.4) is 0 Å². The molecule has 1 aromatic carbocycles. The van der Waals surface area contributed by atoms with Crippen LogP contribution in [0.2, 0.25) is 0 Å². The number of nitrogens with one attached hydrogen (secondary N) is 2. The van der Waals surface area contributed by atoms with Crippen LogP contribution in [0.1, 0.15) is 32.4 Å². The van der Waals surface area contributed by atoms with Crippen LogP contribution in [0.15, 0.2) is 28.6 Å². The summed E-state index contributed by atoms with van der Waals surface area (Å²) >= 11 is 2.80. The lowest BCUT2D eigenvalue weighted by atomic mass is 10.1. The normalized spacial score (nSPS) is 13.4. The lowest BCUT2D eigenvalue weighted by Gasteiger charge is -2.17. The average Bonchev–Trinajstić information content (AvgIpc) is 2.95. The van der Waals surface area contributed by atoms with Crippen molar-refractivity contribution in [3.05, 3.63) is 35.6 Å². The minimum atomic E-state index is -0.291. The maximum atomic E-state index is 12.9. The monoisotopic (exact) mass is 354 g/mol. The molecule has 0 saturated carbocycles. The van der Waals surface area contributed by atoms with Crippen LogP contribution in [0, 0.1) is 5.82 Å². The number of hydrogen-bond acceptors (Lipinski definition) is 6. The zero-order valence-electron chi connectivity index (χ0n) is 13.2. The number of hydrogen-bond donors (Lipinski definition) is 2. The largest absolute Gasteiger partial charge is 0.360 e. The van der Waals surface area contributed by atoms with E-state index < -0.39 is 0 Å². The molecule has 0 saturated heterocycles. The lowest BCUT2D eigenvalue weighted by Crippen LogP contribution is -2.33. The van der Waals surface area contributed by atoms with Crippen LogP contribution in [0.25, 0.3) is 0 Å². The molecule has 0 unspecified atom stereocenters. The second-order valence-electron chi connectivity index (χ2n) is 4.95. The molecule has 8 heteroatoms. The minimum Gasteiger partial charge on any atom is -0.360 e. The summed E-state index contributed by atoms with van der Waals surface area (Å²) in [6, 6.07) is 5.94. The van der Waals surface area contributed by atoms with E-state index in [-0.39, 0.29) is 23.0 Å². The average molecular weight is 354 g/mol. The molecule has 1 aromatic heterocycles. The summed E-state index contributed by atoms with van der Waals surface area (Å²) < 4.78 is 13.7. The Bertz CT molecular complexity index is 647. The summed E-state index contributed by atoms with van der Waals surface area (Å²) in [5.41, 5.74) is 0.863. The van der Waals surface area contributed by atoms with E-state index in [1.165, 1.54) is 35.2 Å². The third-order valence-electron chi connectivity index (χ3n) is 3.11. The van der Waals surface area contributed by atoms with Crippen LogP contribution < -0.4 is 10.6 Å². The fraction of sp³-hybridized carbons (Fsp3) is 0.400. The Hall–Kier alpha value is -1.67. The van der Waals surface area contributed by atoms with Crippen molar-refractivity contribution < 1.29 is 9.18 Å². The minimum absolute atomic E-state index is 0.0907. The maximum absolute atomic E-state index is 12.9. The first kappa shape index (κ1) is 17.7. The van der Waals surface area contributed by atoms with Crippen molar-refractivity contribution >= 4 is 34.1 Å². The van der Waals surface area contributed by atoms with Gasteiger partial charge in [-0.15, -0.1) is 10.2 Å². The molecule has 0 fully saturated rings. The van der Waals surface area contributed by atoms with E-state index in [2.05, 4.69) is 20.8 Å². The van der Waals surface area contributed by atoms with Crippen LogP contribution >= 0.6 is 23.1 Å². The number of thioether (sulfide) groups is 1. The van der Waals surface area contributed by atoms with Gasteiger partial charge in [-0.3, -0.25) is 4.79 Å². The summed E-state index contributed by atoms with van der Waals surface area (Å²) in [5.74, 6) is -0.379. The van der Waals surface area contributed by atoms with Gasteiger partial charge in [0.05, 0.1) is 11.3 Å². The number of halogens is 1. The maximum Gasteiger partial charge on any atom is 0.233 e. The van der Waals surface area contributed by atoms with Gasteiger partial charge in [0, 0.05) is 6.54 Å². The van der Waals surface area contributed by atoms with Crippen LogP contribution in [0.5, 0.6) is 0 Å². The van der Waals surface area contributed by atoms with Gasteiger partial charge in [0.2, 0.25) is 11.0 Å².